The van der Waals surface area contributed by atoms with Crippen LogP contribution >= 0.6 is 0 Å². The van der Waals surface area contributed by atoms with E-state index < -0.39 is 5.54 Å². The zero-order chi connectivity index (χ0) is 12.6. The van der Waals surface area contributed by atoms with Crippen molar-refractivity contribution < 1.29 is 14.3 Å². The fraction of sp³-hybridized carbons (Fsp3) is 0.923. The van der Waals surface area contributed by atoms with Crippen LogP contribution in [0.15, 0.2) is 0 Å². The van der Waals surface area contributed by atoms with Gasteiger partial charge in [0.2, 0.25) is 0 Å². The van der Waals surface area contributed by atoms with Crippen LogP contribution in [-0.4, -0.2) is 31.3 Å². The van der Waals surface area contributed by atoms with Crippen LogP contribution in [0.3, 0.4) is 0 Å². The van der Waals surface area contributed by atoms with Gasteiger partial charge < -0.3 is 15.2 Å². The van der Waals surface area contributed by atoms with E-state index in [1.807, 2.05) is 0 Å². The van der Waals surface area contributed by atoms with Gasteiger partial charge in [-0.3, -0.25) is 4.79 Å². The maximum absolute atomic E-state index is 11.8. The quantitative estimate of drug-likeness (QED) is 0.549. The molecule has 1 saturated heterocycles. The number of carbonyl (C=O) groups excluding carboxylic acids is 1. The van der Waals surface area contributed by atoms with Gasteiger partial charge in [-0.15, -0.1) is 0 Å². The van der Waals surface area contributed by atoms with E-state index >= 15 is 0 Å². The minimum Gasteiger partial charge on any atom is -0.464 e. The third-order valence-corrected chi connectivity index (χ3v) is 3.27. The summed E-state index contributed by atoms with van der Waals surface area (Å²) in [6.07, 6.45) is 6.91. The Labute approximate surface area is 104 Å². The molecule has 1 aliphatic heterocycles. The molecule has 0 atom stereocenters. The summed E-state index contributed by atoms with van der Waals surface area (Å²) in [6.45, 7) is 3.80. The zero-order valence-corrected chi connectivity index (χ0v) is 10.9. The van der Waals surface area contributed by atoms with E-state index in [0.717, 1.165) is 12.8 Å². The molecule has 0 bridgehead atoms. The summed E-state index contributed by atoms with van der Waals surface area (Å²) in [4.78, 5) is 11.8. The van der Waals surface area contributed by atoms with Gasteiger partial charge >= 0.3 is 5.97 Å². The van der Waals surface area contributed by atoms with Crippen molar-refractivity contribution in [2.75, 3.05) is 19.8 Å². The van der Waals surface area contributed by atoms with Crippen molar-refractivity contribution in [2.45, 2.75) is 57.4 Å². The molecule has 2 N–H and O–H groups in total. The van der Waals surface area contributed by atoms with Crippen LogP contribution in [-0.2, 0) is 14.3 Å². The Morgan fingerprint density at radius 3 is 2.53 bits per heavy atom. The Kier molecular flexibility index (Phi) is 6.52. The van der Waals surface area contributed by atoms with Crippen LogP contribution in [0.5, 0.6) is 0 Å². The highest BCUT2D eigenvalue weighted by atomic mass is 16.5. The van der Waals surface area contributed by atoms with Crippen LogP contribution in [0.2, 0.25) is 0 Å². The third kappa shape index (κ3) is 5.04. The van der Waals surface area contributed by atoms with Crippen LogP contribution in [0, 0.1) is 0 Å². The average molecular weight is 243 g/mol. The maximum Gasteiger partial charge on any atom is 0.326 e. The van der Waals surface area contributed by atoms with Crippen molar-refractivity contribution in [3.8, 4) is 0 Å². The van der Waals surface area contributed by atoms with E-state index in [1.54, 1.807) is 0 Å². The molecular formula is C13H25NO3. The molecule has 0 aromatic rings. The molecule has 1 aliphatic rings. The summed E-state index contributed by atoms with van der Waals surface area (Å²) >= 11 is 0. The summed E-state index contributed by atoms with van der Waals surface area (Å²) in [5, 5.41) is 0. The first-order chi connectivity index (χ1) is 8.19. The van der Waals surface area contributed by atoms with Crippen molar-refractivity contribution in [3.63, 3.8) is 0 Å². The number of carbonyl (C=O) groups is 1. The Morgan fingerprint density at radius 1 is 1.24 bits per heavy atom. The van der Waals surface area contributed by atoms with Crippen molar-refractivity contribution in [3.05, 3.63) is 0 Å². The Bertz CT molecular complexity index is 225. The first-order valence-corrected chi connectivity index (χ1v) is 6.73. The van der Waals surface area contributed by atoms with Gasteiger partial charge in [0.25, 0.3) is 0 Å². The highest BCUT2D eigenvalue weighted by molar-refractivity contribution is 5.80. The van der Waals surface area contributed by atoms with Gasteiger partial charge in [0.1, 0.15) is 5.54 Å². The van der Waals surface area contributed by atoms with Crippen LogP contribution in [0.4, 0.5) is 0 Å². The molecular weight excluding hydrogens is 218 g/mol. The molecule has 0 aliphatic carbocycles. The van der Waals surface area contributed by atoms with Crippen molar-refractivity contribution >= 4 is 5.97 Å². The second-order valence-electron chi connectivity index (χ2n) is 4.82. The minimum absolute atomic E-state index is 0.253. The number of nitrogens with two attached hydrogens (primary N) is 1. The number of esters is 1. The number of rotatable bonds is 7. The molecule has 4 nitrogen and oxygen atoms in total. The fourth-order valence-corrected chi connectivity index (χ4v) is 1.95. The van der Waals surface area contributed by atoms with Gasteiger partial charge in [0, 0.05) is 13.2 Å². The fourth-order valence-electron chi connectivity index (χ4n) is 1.95. The van der Waals surface area contributed by atoms with Gasteiger partial charge in [-0.25, -0.2) is 0 Å². The topological polar surface area (TPSA) is 61.5 Å². The lowest BCUT2D eigenvalue weighted by molar-refractivity contribution is -0.154. The number of unbranched alkanes of at least 4 members (excludes halogenated alkanes) is 4. The SMILES string of the molecule is CCCCCCCOC(=O)C1(N)CCOCC1. The number of hydrogen-bond acceptors (Lipinski definition) is 4. The van der Waals surface area contributed by atoms with Gasteiger partial charge in [0.05, 0.1) is 6.61 Å². The standard InChI is InChI=1S/C13H25NO3/c1-2-3-4-5-6-9-17-12(15)13(14)7-10-16-11-8-13/h2-11,14H2,1H3. The molecule has 4 heteroatoms. The predicted molar refractivity (Wildman–Crippen MR) is 66.7 cm³/mol. The molecule has 0 aromatic heterocycles. The monoisotopic (exact) mass is 243 g/mol. The molecule has 1 fully saturated rings. The van der Waals surface area contributed by atoms with Crippen molar-refractivity contribution in [1.29, 1.82) is 0 Å². The first kappa shape index (κ1) is 14.5. The van der Waals surface area contributed by atoms with Gasteiger partial charge in [-0.05, 0) is 19.3 Å². The summed E-state index contributed by atoms with van der Waals surface area (Å²) < 4.78 is 10.4. The lowest BCUT2D eigenvalue weighted by Crippen LogP contribution is -2.52. The second kappa shape index (κ2) is 7.67. The summed E-state index contributed by atoms with van der Waals surface area (Å²) in [5.41, 5.74) is 5.21. The number of ether oxygens (including phenoxy) is 2. The zero-order valence-electron chi connectivity index (χ0n) is 10.9. The Balaban J connectivity index is 2.11. The molecule has 0 unspecified atom stereocenters. The Morgan fingerprint density at radius 2 is 1.88 bits per heavy atom. The molecule has 0 amide bonds. The van der Waals surface area contributed by atoms with E-state index in [1.165, 1.54) is 19.3 Å². The van der Waals surface area contributed by atoms with Crippen LogP contribution in [0.25, 0.3) is 0 Å². The normalized spacial score (nSPS) is 18.9. The summed E-state index contributed by atoms with van der Waals surface area (Å²) in [5.74, 6) is -0.253. The lowest BCUT2D eigenvalue weighted by Gasteiger charge is -2.30. The van der Waals surface area contributed by atoms with Gasteiger partial charge in [-0.2, -0.15) is 0 Å². The van der Waals surface area contributed by atoms with Crippen LogP contribution < -0.4 is 5.73 Å². The molecule has 0 saturated carbocycles. The molecule has 1 heterocycles. The van der Waals surface area contributed by atoms with E-state index in [4.69, 9.17) is 15.2 Å². The third-order valence-electron chi connectivity index (χ3n) is 3.27. The van der Waals surface area contributed by atoms with E-state index in [9.17, 15) is 4.79 Å². The molecule has 1 rings (SSSR count). The van der Waals surface area contributed by atoms with Crippen molar-refractivity contribution in [2.24, 2.45) is 5.73 Å². The van der Waals surface area contributed by atoms with Gasteiger partial charge in [-0.1, -0.05) is 32.6 Å². The predicted octanol–water partition coefficient (Wildman–Crippen LogP) is 2.01. The molecule has 100 valence electrons. The minimum atomic E-state index is -0.804. The second-order valence-corrected chi connectivity index (χ2v) is 4.82. The summed E-state index contributed by atoms with van der Waals surface area (Å²) in [6, 6.07) is 0. The smallest absolute Gasteiger partial charge is 0.326 e. The largest absolute Gasteiger partial charge is 0.464 e. The van der Waals surface area contributed by atoms with E-state index in [2.05, 4.69) is 6.92 Å². The van der Waals surface area contributed by atoms with E-state index in [-0.39, 0.29) is 5.97 Å². The highest BCUT2D eigenvalue weighted by Gasteiger charge is 2.37. The van der Waals surface area contributed by atoms with Gasteiger partial charge in [0.15, 0.2) is 0 Å². The molecule has 17 heavy (non-hydrogen) atoms. The first-order valence-electron chi connectivity index (χ1n) is 6.73. The maximum atomic E-state index is 11.8. The summed E-state index contributed by atoms with van der Waals surface area (Å²) in [7, 11) is 0. The van der Waals surface area contributed by atoms with Crippen molar-refractivity contribution in [1.82, 2.24) is 0 Å². The molecule has 0 aromatic carbocycles. The molecule has 0 spiro atoms. The number of hydrogen-bond donors (Lipinski definition) is 1. The highest BCUT2D eigenvalue weighted by Crippen LogP contribution is 2.19. The van der Waals surface area contributed by atoms with Crippen LogP contribution in [0.1, 0.15) is 51.9 Å². The molecule has 0 radical (unpaired) electrons. The van der Waals surface area contributed by atoms with E-state index in [0.29, 0.717) is 32.7 Å². The lowest BCUT2D eigenvalue weighted by atomic mass is 9.92. The Hall–Kier alpha value is -0.610. The average Bonchev–Trinajstić information content (AvgIpc) is 2.34.